The third-order valence-electron chi connectivity index (χ3n) is 1.68. The minimum atomic E-state index is 0.457. The normalized spacial score (nSPS) is 11.0. The molecule has 0 atom stereocenters. The highest BCUT2D eigenvalue weighted by Crippen LogP contribution is 2.15. The van der Waals surface area contributed by atoms with Gasteiger partial charge in [0.25, 0.3) is 0 Å². The first-order valence-electron chi connectivity index (χ1n) is 3.90. The molecule has 3 N–H and O–H groups in total. The molecule has 1 aromatic heterocycles. The van der Waals surface area contributed by atoms with Gasteiger partial charge < -0.3 is 10.7 Å². The van der Waals surface area contributed by atoms with Crippen LogP contribution in [0.4, 0.5) is 0 Å². The van der Waals surface area contributed by atoms with Crippen LogP contribution in [-0.2, 0) is 6.54 Å². The van der Waals surface area contributed by atoms with Crippen molar-refractivity contribution in [1.82, 2.24) is 9.97 Å². The second-order valence-corrected chi connectivity index (χ2v) is 3.04. The van der Waals surface area contributed by atoms with E-state index in [0.717, 1.165) is 17.2 Å². The van der Waals surface area contributed by atoms with Gasteiger partial charge in [-0.1, -0.05) is 13.8 Å². The van der Waals surface area contributed by atoms with Crippen molar-refractivity contribution in [3.05, 3.63) is 17.2 Å². The van der Waals surface area contributed by atoms with Crippen molar-refractivity contribution in [2.45, 2.75) is 33.2 Å². The van der Waals surface area contributed by atoms with Crippen molar-refractivity contribution in [3.8, 4) is 0 Å². The zero-order valence-corrected chi connectivity index (χ0v) is 7.31. The molecule has 3 heteroatoms. The van der Waals surface area contributed by atoms with Crippen LogP contribution in [0.2, 0.25) is 0 Å². The number of nitrogens with zero attached hydrogens (tertiary/aromatic N) is 1. The van der Waals surface area contributed by atoms with Crippen LogP contribution in [0.1, 0.15) is 37.0 Å². The average molecular weight is 153 g/mol. The fraction of sp³-hybridized carbons (Fsp3) is 0.625. The molecule has 62 valence electrons. The molecule has 0 fully saturated rings. The standard InChI is InChI=1S/C8H15N3/c1-5(2)8-7(4-9)10-6(3)11-8/h5H,4,9H2,1-3H3,(H,10,11). The largest absolute Gasteiger partial charge is 0.345 e. The molecule has 3 nitrogen and oxygen atoms in total. The molecule has 1 aromatic rings. The first-order valence-corrected chi connectivity index (χ1v) is 3.90. The molecule has 0 aliphatic rings. The maximum atomic E-state index is 5.53. The molecule has 1 heterocycles. The second kappa shape index (κ2) is 3.05. The number of aromatic amines is 1. The van der Waals surface area contributed by atoms with Crippen LogP contribution in [0.25, 0.3) is 0 Å². The summed E-state index contributed by atoms with van der Waals surface area (Å²) in [6.45, 7) is 6.74. The zero-order valence-electron chi connectivity index (χ0n) is 7.31. The quantitative estimate of drug-likeness (QED) is 0.672. The SMILES string of the molecule is Cc1nc(C(C)C)c(CN)[nH]1. The topological polar surface area (TPSA) is 54.7 Å². The van der Waals surface area contributed by atoms with Gasteiger partial charge in [-0.15, -0.1) is 0 Å². The number of nitrogens with two attached hydrogens (primary N) is 1. The summed E-state index contributed by atoms with van der Waals surface area (Å²) >= 11 is 0. The van der Waals surface area contributed by atoms with Gasteiger partial charge in [0.1, 0.15) is 5.82 Å². The lowest BCUT2D eigenvalue weighted by Crippen LogP contribution is -2.02. The molecule has 11 heavy (non-hydrogen) atoms. The van der Waals surface area contributed by atoms with Gasteiger partial charge in [0, 0.05) is 6.54 Å². The fourth-order valence-corrected chi connectivity index (χ4v) is 1.19. The van der Waals surface area contributed by atoms with E-state index in [4.69, 9.17) is 5.73 Å². The number of imidazole rings is 1. The fourth-order valence-electron chi connectivity index (χ4n) is 1.19. The van der Waals surface area contributed by atoms with Gasteiger partial charge >= 0.3 is 0 Å². The number of nitrogens with one attached hydrogen (secondary N) is 1. The monoisotopic (exact) mass is 153 g/mol. The summed E-state index contributed by atoms with van der Waals surface area (Å²) in [6.07, 6.45) is 0. The molecule has 0 unspecified atom stereocenters. The Morgan fingerprint density at radius 2 is 2.18 bits per heavy atom. The number of H-pyrrole nitrogens is 1. The van der Waals surface area contributed by atoms with Crippen molar-refractivity contribution < 1.29 is 0 Å². The van der Waals surface area contributed by atoms with Crippen molar-refractivity contribution in [1.29, 1.82) is 0 Å². The Bertz CT molecular complexity index is 237. The Balaban J connectivity index is 3.02. The molecular formula is C8H15N3. The number of hydrogen-bond acceptors (Lipinski definition) is 2. The van der Waals surface area contributed by atoms with E-state index < -0.39 is 0 Å². The number of aromatic nitrogens is 2. The summed E-state index contributed by atoms with van der Waals surface area (Å²) in [5.41, 5.74) is 7.70. The van der Waals surface area contributed by atoms with E-state index in [1.807, 2.05) is 6.92 Å². The highest BCUT2D eigenvalue weighted by molar-refractivity contribution is 5.17. The van der Waals surface area contributed by atoms with Gasteiger partial charge in [0.2, 0.25) is 0 Å². The van der Waals surface area contributed by atoms with E-state index >= 15 is 0 Å². The van der Waals surface area contributed by atoms with E-state index in [0.29, 0.717) is 12.5 Å². The lowest BCUT2D eigenvalue weighted by atomic mass is 10.1. The summed E-state index contributed by atoms with van der Waals surface area (Å²) in [5.74, 6) is 1.41. The summed E-state index contributed by atoms with van der Waals surface area (Å²) in [5, 5.41) is 0. The Kier molecular flexibility index (Phi) is 2.29. The highest BCUT2D eigenvalue weighted by atomic mass is 14.9. The molecule has 0 saturated heterocycles. The van der Waals surface area contributed by atoms with Crippen LogP contribution in [-0.4, -0.2) is 9.97 Å². The van der Waals surface area contributed by atoms with Crippen LogP contribution < -0.4 is 5.73 Å². The molecule has 0 bridgehead atoms. The van der Waals surface area contributed by atoms with E-state index in [1.54, 1.807) is 0 Å². The van der Waals surface area contributed by atoms with Crippen molar-refractivity contribution >= 4 is 0 Å². The number of aryl methyl sites for hydroxylation is 1. The van der Waals surface area contributed by atoms with E-state index in [9.17, 15) is 0 Å². The summed E-state index contributed by atoms with van der Waals surface area (Å²) in [4.78, 5) is 7.48. The summed E-state index contributed by atoms with van der Waals surface area (Å²) in [7, 11) is 0. The van der Waals surface area contributed by atoms with Crippen LogP contribution in [0.15, 0.2) is 0 Å². The third-order valence-corrected chi connectivity index (χ3v) is 1.68. The molecule has 0 spiro atoms. The van der Waals surface area contributed by atoms with Crippen molar-refractivity contribution in [2.75, 3.05) is 0 Å². The smallest absolute Gasteiger partial charge is 0.103 e. The Labute approximate surface area is 67.0 Å². The third kappa shape index (κ3) is 1.60. The zero-order chi connectivity index (χ0) is 8.43. The lowest BCUT2D eigenvalue weighted by Gasteiger charge is -2.01. The highest BCUT2D eigenvalue weighted by Gasteiger charge is 2.09. The first-order chi connectivity index (χ1) is 5.15. The van der Waals surface area contributed by atoms with Crippen molar-refractivity contribution in [2.24, 2.45) is 5.73 Å². The van der Waals surface area contributed by atoms with Gasteiger partial charge in [0.15, 0.2) is 0 Å². The Morgan fingerprint density at radius 3 is 2.55 bits per heavy atom. The van der Waals surface area contributed by atoms with Crippen LogP contribution in [0.5, 0.6) is 0 Å². The Hall–Kier alpha value is -0.830. The maximum Gasteiger partial charge on any atom is 0.103 e. The van der Waals surface area contributed by atoms with Crippen LogP contribution in [0.3, 0.4) is 0 Å². The summed E-state index contributed by atoms with van der Waals surface area (Å²) in [6, 6.07) is 0. The Morgan fingerprint density at radius 1 is 1.55 bits per heavy atom. The van der Waals surface area contributed by atoms with Crippen molar-refractivity contribution in [3.63, 3.8) is 0 Å². The number of rotatable bonds is 2. The minimum Gasteiger partial charge on any atom is -0.345 e. The minimum absolute atomic E-state index is 0.457. The molecule has 0 aliphatic heterocycles. The van der Waals surface area contributed by atoms with E-state index in [-0.39, 0.29) is 0 Å². The molecular weight excluding hydrogens is 138 g/mol. The molecule has 0 saturated carbocycles. The number of hydrogen-bond donors (Lipinski definition) is 2. The molecule has 1 rings (SSSR count). The molecule has 0 amide bonds. The molecule has 0 aromatic carbocycles. The first kappa shape index (κ1) is 8.27. The predicted molar refractivity (Wildman–Crippen MR) is 45.3 cm³/mol. The summed E-state index contributed by atoms with van der Waals surface area (Å²) < 4.78 is 0. The predicted octanol–water partition coefficient (Wildman–Crippen LogP) is 1.30. The average Bonchev–Trinajstić information content (AvgIpc) is 2.30. The van der Waals surface area contributed by atoms with Gasteiger partial charge in [-0.2, -0.15) is 0 Å². The van der Waals surface area contributed by atoms with E-state index in [2.05, 4.69) is 23.8 Å². The van der Waals surface area contributed by atoms with Gasteiger partial charge in [-0.3, -0.25) is 0 Å². The van der Waals surface area contributed by atoms with Gasteiger partial charge in [-0.05, 0) is 12.8 Å². The second-order valence-electron chi connectivity index (χ2n) is 3.04. The van der Waals surface area contributed by atoms with Crippen LogP contribution in [0, 0.1) is 6.92 Å². The maximum absolute atomic E-state index is 5.53. The molecule has 0 radical (unpaired) electrons. The van der Waals surface area contributed by atoms with Gasteiger partial charge in [0.05, 0.1) is 11.4 Å². The van der Waals surface area contributed by atoms with E-state index in [1.165, 1.54) is 0 Å². The van der Waals surface area contributed by atoms with Gasteiger partial charge in [-0.25, -0.2) is 4.98 Å². The lowest BCUT2D eigenvalue weighted by molar-refractivity contribution is 0.804. The molecule has 0 aliphatic carbocycles. The van der Waals surface area contributed by atoms with Crippen LogP contribution >= 0.6 is 0 Å².